The van der Waals surface area contributed by atoms with Crippen LogP contribution in [0.5, 0.6) is 0 Å². The van der Waals surface area contributed by atoms with Crippen LogP contribution in [0.3, 0.4) is 0 Å². The molecule has 0 amide bonds. The van der Waals surface area contributed by atoms with Crippen LogP contribution < -0.4 is 11.1 Å². The predicted molar refractivity (Wildman–Crippen MR) is 64.0 cm³/mol. The lowest BCUT2D eigenvalue weighted by Gasteiger charge is -2.02. The molecule has 2 aromatic heterocycles. The standard InChI is InChI=1S/C7H5BrN4O2S2/c1-12-6(10-4(13)5(14)11-12)16-7-9-3(8)2-15-7/h2H,1H3,(H,11,14). The first kappa shape index (κ1) is 11.6. The molecular weight excluding hydrogens is 316 g/mol. The van der Waals surface area contributed by atoms with Crippen molar-refractivity contribution >= 4 is 39.0 Å². The summed E-state index contributed by atoms with van der Waals surface area (Å²) in [5.74, 6) is 0. The Hall–Kier alpha value is -0.930. The molecule has 0 fully saturated rings. The second kappa shape index (κ2) is 4.52. The summed E-state index contributed by atoms with van der Waals surface area (Å²) in [6.45, 7) is 0. The molecule has 0 unspecified atom stereocenters. The van der Waals surface area contributed by atoms with Crippen LogP contribution in [-0.2, 0) is 7.05 Å². The van der Waals surface area contributed by atoms with Crippen LogP contribution in [0.15, 0.2) is 29.1 Å². The maximum absolute atomic E-state index is 11.1. The minimum Gasteiger partial charge on any atom is -0.265 e. The summed E-state index contributed by atoms with van der Waals surface area (Å²) in [6.07, 6.45) is 0. The molecule has 2 aromatic rings. The van der Waals surface area contributed by atoms with Crippen molar-refractivity contribution in [3.63, 3.8) is 0 Å². The van der Waals surface area contributed by atoms with Gasteiger partial charge in [-0.3, -0.25) is 19.4 Å². The Labute approximate surface area is 106 Å². The van der Waals surface area contributed by atoms with Crippen LogP contribution in [0, 0.1) is 0 Å². The maximum atomic E-state index is 11.1. The zero-order valence-corrected chi connectivity index (χ0v) is 11.1. The number of nitrogens with zero attached hydrogens (tertiary/aromatic N) is 3. The van der Waals surface area contributed by atoms with Gasteiger partial charge in [-0.25, -0.2) is 4.98 Å². The number of halogens is 1. The van der Waals surface area contributed by atoms with Gasteiger partial charge in [0.15, 0.2) is 9.50 Å². The highest BCUT2D eigenvalue weighted by molar-refractivity contribution is 9.10. The summed E-state index contributed by atoms with van der Waals surface area (Å²) < 4.78 is 2.86. The molecule has 0 saturated heterocycles. The largest absolute Gasteiger partial charge is 0.339 e. The van der Waals surface area contributed by atoms with Crippen molar-refractivity contribution in [1.29, 1.82) is 0 Å². The first-order valence-electron chi connectivity index (χ1n) is 4.02. The molecule has 0 aliphatic heterocycles. The van der Waals surface area contributed by atoms with E-state index in [1.807, 2.05) is 5.38 Å². The van der Waals surface area contributed by atoms with E-state index in [1.54, 1.807) is 7.05 Å². The van der Waals surface area contributed by atoms with E-state index in [0.29, 0.717) is 5.16 Å². The average molecular weight is 321 g/mol. The summed E-state index contributed by atoms with van der Waals surface area (Å²) >= 11 is 5.87. The molecule has 0 radical (unpaired) electrons. The number of aromatic amines is 1. The Morgan fingerprint density at radius 3 is 2.88 bits per heavy atom. The molecule has 6 nitrogen and oxygen atoms in total. The van der Waals surface area contributed by atoms with Gasteiger partial charge in [-0.05, 0) is 27.7 Å². The molecule has 16 heavy (non-hydrogen) atoms. The predicted octanol–water partition coefficient (Wildman–Crippen LogP) is 0.839. The highest BCUT2D eigenvalue weighted by atomic mass is 79.9. The third kappa shape index (κ3) is 2.42. The Balaban J connectivity index is 2.38. The van der Waals surface area contributed by atoms with E-state index >= 15 is 0 Å². The third-order valence-electron chi connectivity index (χ3n) is 1.58. The van der Waals surface area contributed by atoms with E-state index < -0.39 is 11.1 Å². The monoisotopic (exact) mass is 320 g/mol. The van der Waals surface area contributed by atoms with Crippen molar-refractivity contribution < 1.29 is 0 Å². The van der Waals surface area contributed by atoms with E-state index in [9.17, 15) is 9.59 Å². The summed E-state index contributed by atoms with van der Waals surface area (Å²) in [5.41, 5.74) is -1.52. The maximum Gasteiger partial charge on any atom is 0.339 e. The quantitative estimate of drug-likeness (QED) is 0.829. The molecule has 0 aliphatic carbocycles. The fourth-order valence-electron chi connectivity index (χ4n) is 0.916. The van der Waals surface area contributed by atoms with Gasteiger partial charge in [0.2, 0.25) is 0 Å². The van der Waals surface area contributed by atoms with Crippen LogP contribution in [-0.4, -0.2) is 19.7 Å². The van der Waals surface area contributed by atoms with Crippen molar-refractivity contribution in [3.05, 3.63) is 30.7 Å². The van der Waals surface area contributed by atoms with Crippen molar-refractivity contribution in [1.82, 2.24) is 19.7 Å². The van der Waals surface area contributed by atoms with Crippen molar-refractivity contribution in [2.75, 3.05) is 0 Å². The number of hydrogen-bond donors (Lipinski definition) is 1. The summed E-state index contributed by atoms with van der Waals surface area (Å²) in [7, 11) is 1.61. The molecular formula is C7H5BrN4O2S2. The second-order valence-electron chi connectivity index (χ2n) is 2.74. The van der Waals surface area contributed by atoms with Crippen LogP contribution >= 0.6 is 39.0 Å². The molecule has 84 valence electrons. The fraction of sp³-hybridized carbons (Fsp3) is 0.143. The van der Waals surface area contributed by atoms with Crippen LogP contribution in [0.1, 0.15) is 0 Å². The lowest BCUT2D eigenvalue weighted by Crippen LogP contribution is -2.33. The summed E-state index contributed by atoms with van der Waals surface area (Å²) in [4.78, 5) is 29.9. The molecule has 0 spiro atoms. The zero-order valence-electron chi connectivity index (χ0n) is 7.93. The highest BCUT2D eigenvalue weighted by Gasteiger charge is 2.08. The molecule has 0 saturated carbocycles. The number of H-pyrrole nitrogens is 1. The Kier molecular flexibility index (Phi) is 3.26. The van der Waals surface area contributed by atoms with Gasteiger partial charge in [0.25, 0.3) is 0 Å². The average Bonchev–Trinajstić information content (AvgIpc) is 2.60. The van der Waals surface area contributed by atoms with E-state index in [1.165, 1.54) is 27.8 Å². The number of rotatable bonds is 2. The molecule has 0 bridgehead atoms. The third-order valence-corrected chi connectivity index (χ3v) is 4.28. The molecule has 2 rings (SSSR count). The van der Waals surface area contributed by atoms with E-state index in [2.05, 4.69) is 31.0 Å². The number of nitrogens with one attached hydrogen (secondary N) is 1. The van der Waals surface area contributed by atoms with Gasteiger partial charge in [-0.1, -0.05) is 0 Å². The smallest absolute Gasteiger partial charge is 0.265 e. The summed E-state index contributed by atoms with van der Waals surface area (Å²) in [5, 5.41) is 4.58. The molecule has 0 aliphatic rings. The lowest BCUT2D eigenvalue weighted by molar-refractivity contribution is 0.596. The van der Waals surface area contributed by atoms with Gasteiger partial charge in [-0.2, -0.15) is 4.98 Å². The van der Waals surface area contributed by atoms with E-state index in [-0.39, 0.29) is 0 Å². The summed E-state index contributed by atoms with van der Waals surface area (Å²) in [6, 6.07) is 0. The Bertz CT molecular complexity index is 632. The normalized spacial score (nSPS) is 10.6. The van der Waals surface area contributed by atoms with Crippen molar-refractivity contribution in [2.45, 2.75) is 9.50 Å². The van der Waals surface area contributed by atoms with Crippen molar-refractivity contribution in [2.24, 2.45) is 7.05 Å². The number of hydrogen-bond acceptors (Lipinski definition) is 6. The molecule has 1 N–H and O–H groups in total. The van der Waals surface area contributed by atoms with Gasteiger partial charge in [0, 0.05) is 12.4 Å². The fourth-order valence-corrected chi connectivity index (χ4v) is 3.18. The van der Waals surface area contributed by atoms with Crippen LogP contribution in [0.4, 0.5) is 0 Å². The van der Waals surface area contributed by atoms with Gasteiger partial charge in [0.1, 0.15) is 4.60 Å². The first-order valence-corrected chi connectivity index (χ1v) is 6.51. The van der Waals surface area contributed by atoms with E-state index in [0.717, 1.165) is 8.94 Å². The van der Waals surface area contributed by atoms with Gasteiger partial charge in [0.05, 0.1) is 0 Å². The Morgan fingerprint density at radius 2 is 2.25 bits per heavy atom. The van der Waals surface area contributed by atoms with Crippen LogP contribution in [0.2, 0.25) is 0 Å². The minimum atomic E-state index is -0.795. The van der Waals surface area contributed by atoms with Gasteiger partial charge in [-0.15, -0.1) is 11.3 Å². The topological polar surface area (TPSA) is 80.6 Å². The van der Waals surface area contributed by atoms with Crippen LogP contribution in [0.25, 0.3) is 0 Å². The van der Waals surface area contributed by atoms with Crippen molar-refractivity contribution in [3.8, 4) is 0 Å². The Morgan fingerprint density at radius 1 is 1.50 bits per heavy atom. The first-order chi connectivity index (χ1) is 7.56. The molecule has 2 heterocycles. The second-order valence-corrected chi connectivity index (χ2v) is 5.62. The number of aromatic nitrogens is 4. The molecule has 0 aromatic carbocycles. The SMILES string of the molecule is Cn1[nH]c(=O)c(=O)nc1Sc1nc(Br)cs1. The van der Waals surface area contributed by atoms with E-state index in [4.69, 9.17) is 0 Å². The zero-order chi connectivity index (χ0) is 11.7. The number of aryl methyl sites for hydroxylation is 1. The molecule has 9 heteroatoms. The highest BCUT2D eigenvalue weighted by Crippen LogP contribution is 2.29. The molecule has 0 atom stereocenters. The number of thiazole rings is 1. The minimum absolute atomic E-state index is 0.395. The van der Waals surface area contributed by atoms with Gasteiger partial charge < -0.3 is 0 Å². The van der Waals surface area contributed by atoms with Gasteiger partial charge >= 0.3 is 11.1 Å². The lowest BCUT2D eigenvalue weighted by atomic mass is 10.8.